The summed E-state index contributed by atoms with van der Waals surface area (Å²) in [5.41, 5.74) is 3.37. The lowest BCUT2D eigenvalue weighted by Gasteiger charge is -2.08. The smallest absolute Gasteiger partial charge is 0.207 e. The van der Waals surface area contributed by atoms with E-state index < -0.39 is 0 Å². The Morgan fingerprint density at radius 2 is 1.29 bits per heavy atom. The van der Waals surface area contributed by atoms with Gasteiger partial charge in [-0.15, -0.1) is 0 Å². The summed E-state index contributed by atoms with van der Waals surface area (Å²) in [6, 6.07) is 16.1. The molecule has 0 bridgehead atoms. The molecule has 164 valence electrons. The van der Waals surface area contributed by atoms with Crippen molar-refractivity contribution in [2.75, 3.05) is 33.9 Å². The number of hydrogen-bond donors (Lipinski definition) is 0. The minimum Gasteiger partial charge on any atom is -0.497 e. The molecule has 4 nitrogen and oxygen atoms in total. The molecule has 0 N–H and O–H groups in total. The van der Waals surface area contributed by atoms with Crippen molar-refractivity contribution >= 4 is 11.5 Å². The van der Waals surface area contributed by atoms with Gasteiger partial charge >= 0.3 is 0 Å². The molecule has 2 aromatic rings. The van der Waals surface area contributed by atoms with Crippen molar-refractivity contribution in [2.45, 2.75) is 20.8 Å². The Labute approximate surface area is 186 Å². The second kappa shape index (κ2) is 13.1. The molecule has 0 fully saturated rings. The van der Waals surface area contributed by atoms with Crippen LogP contribution in [0.2, 0.25) is 0 Å². The molecule has 0 aliphatic rings. The summed E-state index contributed by atoms with van der Waals surface area (Å²) in [7, 11) is 3.35. The first-order valence-electron chi connectivity index (χ1n) is 10.7. The number of benzene rings is 2. The van der Waals surface area contributed by atoms with Crippen LogP contribution in [0, 0.1) is 0 Å². The Bertz CT molecular complexity index is 914. The van der Waals surface area contributed by atoms with E-state index >= 15 is 0 Å². The maximum atomic E-state index is 5.81. The average Bonchev–Trinajstić information content (AvgIpc) is 2.83. The predicted octanol–water partition coefficient (Wildman–Crippen LogP) is 5.74. The molecule has 0 saturated carbocycles. The van der Waals surface area contributed by atoms with Gasteiger partial charge in [-0.05, 0) is 75.4 Å². The fraction of sp³-hybridized carbons (Fsp3) is 0.296. The number of hydrogen-bond acceptors (Lipinski definition) is 3. The third-order valence-electron chi connectivity index (χ3n) is 4.89. The van der Waals surface area contributed by atoms with Gasteiger partial charge in [0.1, 0.15) is 30.3 Å². The molecular weight excluding hydrogens is 386 g/mol. The Balaban J connectivity index is 2.23. The quantitative estimate of drug-likeness (QED) is 0.201. The van der Waals surface area contributed by atoms with Gasteiger partial charge in [-0.2, -0.15) is 0 Å². The highest BCUT2D eigenvalue weighted by atomic mass is 16.5. The molecule has 0 amide bonds. The Morgan fingerprint density at radius 1 is 0.742 bits per heavy atom. The second-order valence-electron chi connectivity index (χ2n) is 6.72. The van der Waals surface area contributed by atoms with Crippen LogP contribution in [-0.2, 0) is 4.74 Å². The van der Waals surface area contributed by atoms with Gasteiger partial charge in [0, 0.05) is 17.2 Å². The summed E-state index contributed by atoms with van der Waals surface area (Å²) >= 11 is 0. The molecule has 0 unspecified atom stereocenters. The minimum atomic E-state index is 0.610. The molecular formula is C27H34NO3+. The number of nitrogens with zero attached hydrogens (tertiary/aromatic N) is 1. The Morgan fingerprint density at radius 3 is 1.77 bits per heavy atom. The highest BCUT2D eigenvalue weighted by Crippen LogP contribution is 2.20. The Hall–Kier alpha value is -3.27. The first-order valence-corrected chi connectivity index (χ1v) is 10.7. The first-order chi connectivity index (χ1) is 15.2. The zero-order valence-electron chi connectivity index (χ0n) is 19.3. The summed E-state index contributed by atoms with van der Waals surface area (Å²) in [4.78, 5) is 0. The summed E-state index contributed by atoms with van der Waals surface area (Å²) in [6.45, 7) is 8.82. The largest absolute Gasteiger partial charge is 0.497 e. The standard InChI is InChI=1S/C27H34NO3/c1-6-28(7-2)26(22-14-18-24(29-4)19-15-22)12-10-9-11-13-27(31-8-3)23-16-20-25(30-5)21-17-23/h9-21H,6-8H2,1-5H3/q+1. The van der Waals surface area contributed by atoms with Crippen molar-refractivity contribution in [1.82, 2.24) is 0 Å². The van der Waals surface area contributed by atoms with Crippen molar-refractivity contribution in [3.8, 4) is 11.5 Å². The topological polar surface area (TPSA) is 30.7 Å². The third kappa shape index (κ3) is 7.18. The van der Waals surface area contributed by atoms with Gasteiger partial charge in [0.2, 0.25) is 5.71 Å². The lowest BCUT2D eigenvalue weighted by atomic mass is 10.1. The number of allylic oxidation sites excluding steroid dienone is 5. The molecule has 0 aliphatic heterocycles. The summed E-state index contributed by atoms with van der Waals surface area (Å²) in [5.74, 6) is 2.52. The van der Waals surface area contributed by atoms with E-state index in [2.05, 4.69) is 42.7 Å². The van der Waals surface area contributed by atoms with E-state index in [-0.39, 0.29) is 0 Å². The molecule has 0 atom stereocenters. The summed E-state index contributed by atoms with van der Waals surface area (Å²) < 4.78 is 18.7. The minimum absolute atomic E-state index is 0.610. The van der Waals surface area contributed by atoms with Gasteiger partial charge in [-0.25, -0.2) is 4.58 Å². The van der Waals surface area contributed by atoms with E-state index in [0.717, 1.165) is 41.5 Å². The van der Waals surface area contributed by atoms with Gasteiger partial charge in [-0.3, -0.25) is 0 Å². The molecule has 2 rings (SSSR count). The van der Waals surface area contributed by atoms with Crippen LogP contribution in [-0.4, -0.2) is 44.2 Å². The molecule has 2 aromatic carbocycles. The maximum Gasteiger partial charge on any atom is 0.207 e. The molecule has 0 saturated heterocycles. The van der Waals surface area contributed by atoms with E-state index in [1.54, 1.807) is 14.2 Å². The van der Waals surface area contributed by atoms with Gasteiger partial charge in [0.05, 0.1) is 20.8 Å². The second-order valence-corrected chi connectivity index (χ2v) is 6.72. The van der Waals surface area contributed by atoms with E-state index in [4.69, 9.17) is 14.2 Å². The van der Waals surface area contributed by atoms with Gasteiger partial charge in [0.25, 0.3) is 0 Å². The van der Waals surface area contributed by atoms with E-state index in [1.165, 1.54) is 5.71 Å². The lowest BCUT2D eigenvalue weighted by molar-refractivity contribution is -0.519. The van der Waals surface area contributed by atoms with Crippen molar-refractivity contribution in [1.29, 1.82) is 0 Å². The van der Waals surface area contributed by atoms with Crippen LogP contribution in [0.4, 0.5) is 0 Å². The number of ether oxygens (including phenoxy) is 3. The monoisotopic (exact) mass is 420 g/mol. The first kappa shape index (κ1) is 24.0. The zero-order chi connectivity index (χ0) is 22.5. The highest BCUT2D eigenvalue weighted by molar-refractivity contribution is 6.05. The molecule has 0 spiro atoms. The van der Waals surface area contributed by atoms with Gasteiger partial charge < -0.3 is 14.2 Å². The van der Waals surface area contributed by atoms with Crippen LogP contribution in [0.1, 0.15) is 31.9 Å². The van der Waals surface area contributed by atoms with Crippen LogP contribution >= 0.6 is 0 Å². The number of methoxy groups -OCH3 is 2. The van der Waals surface area contributed by atoms with Crippen LogP contribution in [0.25, 0.3) is 5.76 Å². The molecule has 4 heteroatoms. The third-order valence-corrected chi connectivity index (χ3v) is 4.89. The average molecular weight is 421 g/mol. The van der Waals surface area contributed by atoms with E-state index in [0.29, 0.717) is 6.61 Å². The molecule has 0 heterocycles. The Kier molecular flexibility index (Phi) is 10.2. The lowest BCUT2D eigenvalue weighted by Crippen LogP contribution is -2.20. The van der Waals surface area contributed by atoms with Crippen LogP contribution < -0.4 is 9.47 Å². The normalized spacial score (nSPS) is 11.7. The zero-order valence-corrected chi connectivity index (χ0v) is 19.3. The molecule has 0 aliphatic carbocycles. The molecule has 31 heavy (non-hydrogen) atoms. The number of rotatable bonds is 11. The van der Waals surface area contributed by atoms with Crippen LogP contribution in [0.15, 0.2) is 78.9 Å². The molecule has 0 radical (unpaired) electrons. The van der Waals surface area contributed by atoms with Crippen molar-refractivity contribution < 1.29 is 18.8 Å². The van der Waals surface area contributed by atoms with Gasteiger partial charge in [-0.1, -0.05) is 18.2 Å². The van der Waals surface area contributed by atoms with E-state index in [1.807, 2.05) is 61.5 Å². The molecule has 0 aromatic heterocycles. The van der Waals surface area contributed by atoms with E-state index in [9.17, 15) is 0 Å². The van der Waals surface area contributed by atoms with Crippen molar-refractivity contribution in [3.05, 3.63) is 90.0 Å². The van der Waals surface area contributed by atoms with Crippen LogP contribution in [0.5, 0.6) is 11.5 Å². The fourth-order valence-electron chi connectivity index (χ4n) is 3.20. The van der Waals surface area contributed by atoms with Crippen molar-refractivity contribution in [3.63, 3.8) is 0 Å². The van der Waals surface area contributed by atoms with Crippen LogP contribution in [0.3, 0.4) is 0 Å². The summed E-state index contributed by atoms with van der Waals surface area (Å²) in [6.07, 6.45) is 10.2. The predicted molar refractivity (Wildman–Crippen MR) is 129 cm³/mol. The fourth-order valence-corrected chi connectivity index (χ4v) is 3.20. The summed E-state index contributed by atoms with van der Waals surface area (Å²) in [5, 5.41) is 0. The van der Waals surface area contributed by atoms with Gasteiger partial charge in [0.15, 0.2) is 0 Å². The maximum absolute atomic E-state index is 5.81. The van der Waals surface area contributed by atoms with Crippen molar-refractivity contribution in [2.24, 2.45) is 0 Å². The highest BCUT2D eigenvalue weighted by Gasteiger charge is 2.11. The SMILES string of the molecule is CCOC(=CC=CC=CC(c1ccc(OC)cc1)=[N+](CC)CC)c1ccc(OC)cc1.